The fraction of sp³-hybridized carbons (Fsp3) is 0.200. The van der Waals surface area contributed by atoms with Gasteiger partial charge in [-0.15, -0.1) is 11.8 Å². The molecule has 0 unspecified atom stereocenters. The molecule has 1 fully saturated rings. The predicted octanol–water partition coefficient (Wildman–Crippen LogP) is 4.20. The minimum absolute atomic E-state index is 0.0563. The molecule has 0 radical (unpaired) electrons. The smallest absolute Gasteiger partial charge is 0.360 e. The third-order valence-electron chi connectivity index (χ3n) is 6.88. The van der Waals surface area contributed by atoms with Crippen LogP contribution >= 0.6 is 11.8 Å². The number of nitro benzene ring substituents is 1. The molecule has 11 nitrogen and oxygen atoms in total. The number of aliphatic imine (C=N–C) groups is 1. The van der Waals surface area contributed by atoms with Gasteiger partial charge in [0.1, 0.15) is 22.6 Å². The number of nitro groups is 1. The Labute approximate surface area is 244 Å². The number of amides is 1. The quantitative estimate of drug-likeness (QED) is 0.0901. The van der Waals surface area contributed by atoms with Gasteiger partial charge in [-0.1, -0.05) is 18.2 Å². The molecule has 0 aromatic heterocycles. The summed E-state index contributed by atoms with van der Waals surface area (Å²) in [5.41, 5.74) is 0.423. The molecule has 1 amide bonds. The second kappa shape index (κ2) is 11.9. The van der Waals surface area contributed by atoms with Crippen LogP contribution < -0.4 is 9.47 Å². The molecule has 0 spiro atoms. The van der Waals surface area contributed by atoms with Gasteiger partial charge in [0.2, 0.25) is 0 Å². The van der Waals surface area contributed by atoms with E-state index in [0.717, 1.165) is 5.56 Å². The summed E-state index contributed by atoms with van der Waals surface area (Å²) in [6.45, 7) is 0. The highest BCUT2D eigenvalue weighted by Crippen LogP contribution is 2.48. The van der Waals surface area contributed by atoms with Crippen molar-refractivity contribution in [2.45, 2.75) is 17.3 Å². The lowest BCUT2D eigenvalue weighted by atomic mass is 9.81. The largest absolute Gasteiger partial charge is 0.497 e. The molecule has 0 aliphatic carbocycles. The molecule has 214 valence electrons. The summed E-state index contributed by atoms with van der Waals surface area (Å²) < 4.78 is 15.5. The fourth-order valence-corrected chi connectivity index (χ4v) is 6.05. The highest BCUT2D eigenvalue weighted by molar-refractivity contribution is 8.00. The van der Waals surface area contributed by atoms with Crippen LogP contribution in [-0.4, -0.2) is 64.8 Å². The molecule has 3 aromatic rings. The van der Waals surface area contributed by atoms with Gasteiger partial charge < -0.3 is 14.2 Å². The van der Waals surface area contributed by atoms with Gasteiger partial charge in [-0.2, -0.15) is 0 Å². The number of β-lactam (4-membered cyclic amide) rings is 1. The molecule has 2 aliphatic rings. The molecule has 2 aliphatic heterocycles. The van der Waals surface area contributed by atoms with Crippen LogP contribution in [0.4, 0.5) is 5.69 Å². The van der Waals surface area contributed by atoms with Gasteiger partial charge in [-0.05, 0) is 59.7 Å². The summed E-state index contributed by atoms with van der Waals surface area (Å²) in [4.78, 5) is 55.8. The number of carbonyl (C=O) groups excluding carboxylic acids is 3. The topological polar surface area (TPSA) is 138 Å². The number of non-ortho nitro benzene ring substituents is 1. The van der Waals surface area contributed by atoms with Gasteiger partial charge in [-0.3, -0.25) is 24.8 Å². The van der Waals surface area contributed by atoms with E-state index in [1.54, 1.807) is 43.5 Å². The van der Waals surface area contributed by atoms with Crippen LogP contribution in [0.2, 0.25) is 0 Å². The van der Waals surface area contributed by atoms with Gasteiger partial charge in [0.25, 0.3) is 11.6 Å². The lowest BCUT2D eigenvalue weighted by molar-refractivity contribution is -0.384. The van der Waals surface area contributed by atoms with Gasteiger partial charge >= 0.3 is 11.9 Å². The Morgan fingerprint density at radius 3 is 2.48 bits per heavy atom. The lowest BCUT2D eigenvalue weighted by Gasteiger charge is -2.54. The van der Waals surface area contributed by atoms with Crippen molar-refractivity contribution in [1.29, 1.82) is 0 Å². The Morgan fingerprint density at radius 1 is 1.07 bits per heavy atom. The maximum Gasteiger partial charge on any atom is 0.360 e. The molecule has 2 atom stereocenters. The Kier molecular flexibility index (Phi) is 8.07. The first-order chi connectivity index (χ1) is 20.3. The number of benzene rings is 3. The molecular formula is C30H25N3O8S. The van der Waals surface area contributed by atoms with E-state index in [4.69, 9.17) is 19.2 Å². The van der Waals surface area contributed by atoms with Crippen molar-refractivity contribution < 1.29 is 33.5 Å². The maximum absolute atomic E-state index is 13.9. The van der Waals surface area contributed by atoms with Crippen molar-refractivity contribution in [1.82, 2.24) is 4.90 Å². The van der Waals surface area contributed by atoms with E-state index in [0.29, 0.717) is 17.1 Å². The van der Waals surface area contributed by atoms with Crippen molar-refractivity contribution >= 4 is 41.5 Å². The van der Waals surface area contributed by atoms with E-state index in [-0.39, 0.29) is 35.0 Å². The second-order valence-electron chi connectivity index (χ2n) is 9.42. The average Bonchev–Trinajstić information content (AvgIpc) is 3.02. The summed E-state index contributed by atoms with van der Waals surface area (Å²) in [5, 5.41) is 10.5. The minimum Gasteiger partial charge on any atom is -0.497 e. The van der Waals surface area contributed by atoms with Crippen LogP contribution in [0.3, 0.4) is 0 Å². The van der Waals surface area contributed by atoms with Crippen LogP contribution in [0.1, 0.15) is 21.5 Å². The van der Waals surface area contributed by atoms with E-state index in [1.165, 1.54) is 60.3 Å². The number of fused-ring (bicyclic) bond motifs is 1. The molecule has 5 rings (SSSR count). The van der Waals surface area contributed by atoms with Crippen molar-refractivity contribution in [3.63, 3.8) is 0 Å². The van der Waals surface area contributed by atoms with E-state index in [2.05, 4.69) is 0 Å². The zero-order valence-corrected chi connectivity index (χ0v) is 23.4. The SMILES string of the molecule is COC(=O)c1cccc(OC(=O)C2=CCS[C@@H]3N2C(=O)[C@]3(Cc2ccc(OC)cc2)N=Cc2ccc([N+](=O)[O-])cc2)c1. The summed E-state index contributed by atoms with van der Waals surface area (Å²) in [7, 11) is 2.82. The normalized spacial score (nSPS) is 19.4. The number of carbonyl (C=O) groups is 3. The third kappa shape index (κ3) is 5.48. The van der Waals surface area contributed by atoms with E-state index < -0.39 is 27.8 Å². The maximum atomic E-state index is 13.9. The summed E-state index contributed by atoms with van der Waals surface area (Å²) in [6.07, 6.45) is 3.40. The molecule has 0 bridgehead atoms. The number of hydrogen-bond donors (Lipinski definition) is 0. The van der Waals surface area contributed by atoms with Crippen LogP contribution in [0, 0.1) is 10.1 Å². The average molecular weight is 588 g/mol. The van der Waals surface area contributed by atoms with Crippen molar-refractivity contribution in [2.75, 3.05) is 20.0 Å². The predicted molar refractivity (Wildman–Crippen MR) is 155 cm³/mol. The number of thioether (sulfide) groups is 1. The Balaban J connectivity index is 1.43. The fourth-order valence-electron chi connectivity index (χ4n) is 4.73. The Morgan fingerprint density at radius 2 is 1.81 bits per heavy atom. The zero-order valence-electron chi connectivity index (χ0n) is 22.6. The number of ether oxygens (including phenoxy) is 3. The summed E-state index contributed by atoms with van der Waals surface area (Å²) in [6, 6.07) is 19.2. The minimum atomic E-state index is -1.24. The van der Waals surface area contributed by atoms with Crippen LogP contribution in [0.25, 0.3) is 0 Å². The molecule has 12 heteroatoms. The molecule has 0 N–H and O–H groups in total. The number of nitrogens with zero attached hydrogens (tertiary/aromatic N) is 3. The number of esters is 2. The van der Waals surface area contributed by atoms with Crippen molar-refractivity contribution in [2.24, 2.45) is 4.99 Å². The van der Waals surface area contributed by atoms with Crippen LogP contribution in [0.5, 0.6) is 11.5 Å². The number of methoxy groups -OCH3 is 2. The summed E-state index contributed by atoms with van der Waals surface area (Å²) >= 11 is 1.46. The molecule has 2 heterocycles. The monoisotopic (exact) mass is 587 g/mol. The molecule has 3 aromatic carbocycles. The Hall–Kier alpha value is -4.97. The standard InChI is InChI=1S/C30H25N3O8S/c1-39-23-12-8-19(9-13-23)17-30(31-18-20-6-10-22(11-7-20)33(37)38)28(36)32-25(14-15-42-29(30)32)27(35)41-24-5-3-4-21(16-24)26(34)40-2/h3-14,16,18,29H,15,17H2,1-2H3/t29-,30-/m0/s1. The molecular weight excluding hydrogens is 562 g/mol. The lowest BCUT2D eigenvalue weighted by Crippen LogP contribution is -2.73. The first-order valence-corrected chi connectivity index (χ1v) is 13.8. The second-order valence-corrected chi connectivity index (χ2v) is 10.5. The first-order valence-electron chi connectivity index (χ1n) is 12.7. The zero-order chi connectivity index (χ0) is 29.9. The van der Waals surface area contributed by atoms with Crippen molar-refractivity contribution in [3.05, 3.63) is 111 Å². The van der Waals surface area contributed by atoms with Crippen LogP contribution in [-0.2, 0) is 20.7 Å². The van der Waals surface area contributed by atoms with E-state index >= 15 is 0 Å². The van der Waals surface area contributed by atoms with Gasteiger partial charge in [0.05, 0.1) is 24.7 Å². The van der Waals surface area contributed by atoms with E-state index in [9.17, 15) is 24.5 Å². The van der Waals surface area contributed by atoms with Gasteiger partial charge in [-0.25, -0.2) is 9.59 Å². The van der Waals surface area contributed by atoms with Crippen LogP contribution in [0.15, 0.2) is 89.6 Å². The highest BCUT2D eigenvalue weighted by Gasteiger charge is 2.64. The highest BCUT2D eigenvalue weighted by atomic mass is 32.2. The number of rotatable bonds is 9. The van der Waals surface area contributed by atoms with Gasteiger partial charge in [0.15, 0.2) is 5.54 Å². The van der Waals surface area contributed by atoms with Crippen molar-refractivity contribution in [3.8, 4) is 11.5 Å². The number of hydrogen-bond acceptors (Lipinski definition) is 10. The molecule has 42 heavy (non-hydrogen) atoms. The molecule has 1 saturated heterocycles. The molecule has 0 saturated carbocycles. The van der Waals surface area contributed by atoms with E-state index in [1.807, 2.05) is 12.1 Å². The van der Waals surface area contributed by atoms with Gasteiger partial charge in [0, 0.05) is 30.5 Å². The Bertz CT molecular complexity index is 1600. The third-order valence-corrected chi connectivity index (χ3v) is 8.15. The first kappa shape index (κ1) is 28.6. The summed E-state index contributed by atoms with van der Waals surface area (Å²) in [5.74, 6) is -0.479.